The molecule has 3 fully saturated rings. The maximum absolute atomic E-state index is 14.1. The summed E-state index contributed by atoms with van der Waals surface area (Å²) in [5.41, 5.74) is 10.8. The van der Waals surface area contributed by atoms with E-state index < -0.39 is 132 Å². The van der Waals surface area contributed by atoms with Gasteiger partial charge in [0.2, 0.25) is 59.1 Å². The minimum atomic E-state index is -1.74. The summed E-state index contributed by atoms with van der Waals surface area (Å²) in [6.45, 7) is 10.9. The van der Waals surface area contributed by atoms with Crippen molar-refractivity contribution in [2.45, 2.75) is 161 Å². The average Bonchev–Trinajstić information content (AvgIpc) is 3.95. The van der Waals surface area contributed by atoms with E-state index >= 15 is 0 Å². The number of nitrogens with two attached hydrogens (primary N) is 2. The monoisotopic (exact) mass is 962 g/mol. The molecular weight excluding hydrogens is 891 g/mol. The second-order valence-electron chi connectivity index (χ2n) is 18.4. The van der Waals surface area contributed by atoms with Gasteiger partial charge < -0.3 is 68.9 Å². The highest BCUT2D eigenvalue weighted by atomic mass is 16.4. The Morgan fingerprint density at radius 1 is 0.603 bits per heavy atom. The predicted octanol–water partition coefficient (Wildman–Crippen LogP) is -3.83. The van der Waals surface area contributed by atoms with Crippen LogP contribution in [0.2, 0.25) is 0 Å². The average molecular weight is 962 g/mol. The number of aliphatic imine (C=N–C) groups is 1. The zero-order valence-electron chi connectivity index (χ0n) is 40.0. The van der Waals surface area contributed by atoms with Crippen molar-refractivity contribution in [3.63, 3.8) is 0 Å². The largest absolute Gasteiger partial charge is 0.481 e. The molecule has 13 N–H and O–H groups in total. The highest BCUT2D eigenvalue weighted by Crippen LogP contribution is 2.26. The normalized spacial score (nSPS) is 28.2. The number of guanidine groups is 1. The van der Waals surface area contributed by atoms with Crippen molar-refractivity contribution in [3.05, 3.63) is 0 Å². The van der Waals surface area contributed by atoms with E-state index in [-0.39, 0.29) is 76.0 Å². The summed E-state index contributed by atoms with van der Waals surface area (Å²) in [6.07, 6.45) is 0.797. The number of carboxylic acids is 1. The van der Waals surface area contributed by atoms with Gasteiger partial charge in [0.15, 0.2) is 5.96 Å². The molecule has 25 nitrogen and oxygen atoms in total. The summed E-state index contributed by atoms with van der Waals surface area (Å²) >= 11 is 0. The Kier molecular flexibility index (Phi) is 21.4. The van der Waals surface area contributed by atoms with Gasteiger partial charge in [0.25, 0.3) is 0 Å². The molecule has 68 heavy (non-hydrogen) atoms. The van der Waals surface area contributed by atoms with Crippen molar-refractivity contribution < 1.29 is 57.8 Å². The molecule has 3 aliphatic heterocycles. The Labute approximate surface area is 395 Å². The summed E-state index contributed by atoms with van der Waals surface area (Å²) in [4.78, 5) is 155. The summed E-state index contributed by atoms with van der Waals surface area (Å²) < 4.78 is 0. The lowest BCUT2D eigenvalue weighted by Gasteiger charge is -2.33. The van der Waals surface area contributed by atoms with Crippen LogP contribution in [0.3, 0.4) is 0 Å². The van der Waals surface area contributed by atoms with Crippen LogP contribution in [0.4, 0.5) is 0 Å². The second kappa shape index (κ2) is 26.1. The number of carbonyl (C=O) groups excluding carboxylic acids is 10. The maximum Gasteiger partial charge on any atom is 0.305 e. The molecule has 0 radical (unpaired) electrons. The Morgan fingerprint density at radius 2 is 1.07 bits per heavy atom. The van der Waals surface area contributed by atoms with E-state index in [2.05, 4.69) is 47.5 Å². The van der Waals surface area contributed by atoms with Crippen LogP contribution in [-0.2, 0) is 52.7 Å². The highest BCUT2D eigenvalue weighted by molar-refractivity contribution is 5.99. The van der Waals surface area contributed by atoms with Crippen molar-refractivity contribution in [2.24, 2.45) is 28.3 Å². The van der Waals surface area contributed by atoms with Gasteiger partial charge in [-0.2, -0.15) is 0 Å². The van der Waals surface area contributed by atoms with Crippen LogP contribution in [0.1, 0.15) is 106 Å². The van der Waals surface area contributed by atoms with E-state index in [4.69, 9.17) is 11.5 Å². The van der Waals surface area contributed by atoms with Gasteiger partial charge in [-0.3, -0.25) is 57.7 Å². The summed E-state index contributed by atoms with van der Waals surface area (Å²) in [6, 6.07) is -11.2. The van der Waals surface area contributed by atoms with Crippen molar-refractivity contribution in [1.82, 2.24) is 52.3 Å². The third-order valence-corrected chi connectivity index (χ3v) is 11.6. The molecule has 3 aliphatic rings. The van der Waals surface area contributed by atoms with E-state index in [9.17, 15) is 57.8 Å². The SMILES string of the molecule is CC(C)C[C@@H]1NC(=O)[C@H](C)NC(=O)[C@@H]2CCCN2C(=O)[C@H]2CCCN2C(=O)[C@H](C)NC(=O)[C@H](CC(C)C)NC(=O)[C@H](CC(=O)O)NC(=O)CNC(=O)[C@H](CCCN=C(N)N)NC(=O)[C@H](C)NC1=O. The number of amides is 10. The molecule has 0 unspecified atom stereocenters. The molecule has 0 aromatic heterocycles. The van der Waals surface area contributed by atoms with Gasteiger partial charge in [0, 0.05) is 19.6 Å². The number of nitrogens with one attached hydrogen (secondary N) is 8. The lowest BCUT2D eigenvalue weighted by atomic mass is 10.0. The molecule has 10 amide bonds. The molecule has 0 saturated carbocycles. The lowest BCUT2D eigenvalue weighted by Crippen LogP contribution is -2.60. The number of fused-ring (bicyclic) bond motifs is 2. The van der Waals surface area contributed by atoms with Gasteiger partial charge >= 0.3 is 5.97 Å². The van der Waals surface area contributed by atoms with Crippen molar-refractivity contribution >= 4 is 71.0 Å². The minimum absolute atomic E-state index is 0.0307. The fourth-order valence-electron chi connectivity index (χ4n) is 8.12. The Bertz CT molecular complexity index is 1930. The minimum Gasteiger partial charge on any atom is -0.481 e. The Hall–Kier alpha value is -6.56. The van der Waals surface area contributed by atoms with Gasteiger partial charge in [-0.1, -0.05) is 27.7 Å². The van der Waals surface area contributed by atoms with Crippen LogP contribution in [0.15, 0.2) is 4.99 Å². The lowest BCUT2D eigenvalue weighted by molar-refractivity contribution is -0.148. The van der Waals surface area contributed by atoms with E-state index in [0.29, 0.717) is 12.8 Å². The molecular formula is C43H71N13O12. The zero-order chi connectivity index (χ0) is 51.0. The van der Waals surface area contributed by atoms with Crippen molar-refractivity contribution in [3.8, 4) is 0 Å². The maximum atomic E-state index is 14.1. The molecule has 3 heterocycles. The van der Waals surface area contributed by atoms with Crippen LogP contribution in [0.5, 0.6) is 0 Å². The van der Waals surface area contributed by atoms with E-state index in [0.717, 1.165) is 0 Å². The van der Waals surface area contributed by atoms with Crippen LogP contribution >= 0.6 is 0 Å². The number of hydrogen-bond donors (Lipinski definition) is 11. The first-order chi connectivity index (χ1) is 31.9. The van der Waals surface area contributed by atoms with Gasteiger partial charge in [-0.05, 0) is 84.0 Å². The summed E-state index contributed by atoms with van der Waals surface area (Å²) in [5, 5.41) is 29.7. The van der Waals surface area contributed by atoms with Crippen LogP contribution < -0.4 is 54.0 Å². The fraction of sp³-hybridized carbons (Fsp3) is 0.721. The van der Waals surface area contributed by atoms with Crippen molar-refractivity contribution in [1.29, 1.82) is 0 Å². The third kappa shape index (κ3) is 16.9. The summed E-state index contributed by atoms with van der Waals surface area (Å²) in [5.74, 6) is -9.76. The molecule has 0 bridgehead atoms. The van der Waals surface area contributed by atoms with Crippen molar-refractivity contribution in [2.75, 3.05) is 26.2 Å². The van der Waals surface area contributed by atoms with E-state index in [1.165, 1.54) is 30.6 Å². The van der Waals surface area contributed by atoms with Gasteiger partial charge in [0.1, 0.15) is 54.4 Å². The molecule has 380 valence electrons. The topological polar surface area (TPSA) is 375 Å². The fourth-order valence-corrected chi connectivity index (χ4v) is 8.12. The number of carboxylic acid groups (broad SMARTS) is 1. The molecule has 0 aromatic rings. The number of hydrogen-bond acceptors (Lipinski definition) is 12. The third-order valence-electron chi connectivity index (χ3n) is 11.6. The second-order valence-corrected chi connectivity index (χ2v) is 18.4. The summed E-state index contributed by atoms with van der Waals surface area (Å²) in [7, 11) is 0. The smallest absolute Gasteiger partial charge is 0.305 e. The molecule has 0 aromatic carbocycles. The van der Waals surface area contributed by atoms with E-state index in [1.54, 1.807) is 27.7 Å². The molecule has 0 spiro atoms. The van der Waals surface area contributed by atoms with Gasteiger partial charge in [0.05, 0.1) is 13.0 Å². The van der Waals surface area contributed by atoms with Gasteiger partial charge in [-0.15, -0.1) is 0 Å². The molecule has 3 saturated heterocycles. The quantitative estimate of drug-likeness (QED) is 0.0568. The van der Waals surface area contributed by atoms with Crippen LogP contribution in [0.25, 0.3) is 0 Å². The van der Waals surface area contributed by atoms with Crippen LogP contribution in [-0.4, -0.2) is 166 Å². The van der Waals surface area contributed by atoms with Crippen LogP contribution in [0, 0.1) is 11.8 Å². The predicted molar refractivity (Wildman–Crippen MR) is 244 cm³/mol. The van der Waals surface area contributed by atoms with E-state index in [1.807, 2.05) is 0 Å². The Morgan fingerprint density at radius 3 is 1.60 bits per heavy atom. The first-order valence-corrected chi connectivity index (χ1v) is 23.2. The molecule has 9 atom stereocenters. The first kappa shape index (κ1) is 55.8. The number of carbonyl (C=O) groups is 11. The number of rotatable bonds is 10. The molecule has 0 aliphatic carbocycles. The first-order valence-electron chi connectivity index (χ1n) is 23.2. The standard InChI is InChI=1S/C43H71N13O12/c1-21(2)17-27-37(63)48-23(5)34(60)52-26(11-8-14-46-43(44)45)36(62)47-20-32(57)51-29(19-33(58)59)39(65)54-28(18-22(3)4)38(64)50-25(7)41(67)56-16-10-13-31(56)42(68)55-15-9-12-30(55)40(66)49-24(6)35(61)53-27/h21-31H,8-20H2,1-7H3,(H,47,62)(H,48,63)(H,49,66)(H,50,64)(H,51,57)(H,52,60)(H,53,61)(H,54,65)(H,58,59)(H4,44,45,46)/t23-,24-,25-,26-,27-,28-,29-,30-,31+/m0/s1. The Balaban J connectivity index is 1.99. The number of aliphatic carboxylic acids is 1. The highest BCUT2D eigenvalue weighted by Gasteiger charge is 2.44. The molecule has 25 heteroatoms. The van der Waals surface area contributed by atoms with Gasteiger partial charge in [-0.25, -0.2) is 0 Å². The number of nitrogens with zero attached hydrogens (tertiary/aromatic N) is 3. The molecule has 3 rings (SSSR count). The zero-order valence-corrected chi connectivity index (χ0v) is 40.0.